The van der Waals surface area contributed by atoms with Gasteiger partial charge in [0.2, 0.25) is 0 Å². The molecule has 1 saturated heterocycles. The van der Waals surface area contributed by atoms with Crippen LogP contribution in [0.25, 0.3) is 6.08 Å². The second-order valence-corrected chi connectivity index (χ2v) is 9.62. The summed E-state index contributed by atoms with van der Waals surface area (Å²) in [5, 5.41) is 3.27. The van der Waals surface area contributed by atoms with E-state index in [1.165, 1.54) is 31.0 Å². The lowest BCUT2D eigenvalue weighted by Gasteiger charge is -2.13. The van der Waals surface area contributed by atoms with Gasteiger partial charge in [0.15, 0.2) is 23.3 Å². The highest BCUT2D eigenvalue weighted by molar-refractivity contribution is 9.10. The average Bonchev–Trinajstić information content (AvgIpc) is 3.19. The standard InChI is InChI=1S/C27H23BrFN3O4S/c1-3-32-26(34)24(37-27(32)31-20-11-9-18(29)10-12-20)14-17-13-22(35-2)23(15-21(17)28)36-16-25(33)30-19-7-5-4-6-8-19/h4-15H,3,16H2,1-2H3,(H,30,33)/b24-14+,31-27?. The third-order valence-corrected chi connectivity index (χ3v) is 6.93. The van der Waals surface area contributed by atoms with Gasteiger partial charge >= 0.3 is 0 Å². The zero-order chi connectivity index (χ0) is 26.4. The fraction of sp³-hybridized carbons (Fsp3) is 0.148. The van der Waals surface area contributed by atoms with Crippen molar-refractivity contribution in [2.45, 2.75) is 6.92 Å². The Balaban J connectivity index is 1.52. The number of benzene rings is 3. The van der Waals surface area contributed by atoms with Gasteiger partial charge < -0.3 is 14.8 Å². The monoisotopic (exact) mass is 583 g/mol. The van der Waals surface area contributed by atoms with Crippen LogP contribution in [-0.2, 0) is 9.59 Å². The molecule has 0 atom stereocenters. The number of likely N-dealkylation sites (N-methyl/N-ethyl adjacent to an activating group) is 1. The van der Waals surface area contributed by atoms with Gasteiger partial charge in [-0.15, -0.1) is 0 Å². The second kappa shape index (κ2) is 12.1. The number of anilines is 1. The first-order chi connectivity index (χ1) is 17.9. The number of nitrogens with one attached hydrogen (secondary N) is 1. The van der Waals surface area contributed by atoms with Crippen molar-refractivity contribution >= 4 is 62.1 Å². The minimum Gasteiger partial charge on any atom is -0.493 e. The van der Waals surface area contributed by atoms with Crippen molar-refractivity contribution in [3.05, 3.63) is 87.5 Å². The number of rotatable bonds is 8. The molecule has 2 amide bonds. The van der Waals surface area contributed by atoms with Crippen LogP contribution in [0.15, 0.2) is 81.1 Å². The van der Waals surface area contributed by atoms with Crippen LogP contribution in [0.5, 0.6) is 11.5 Å². The molecule has 37 heavy (non-hydrogen) atoms. The first-order valence-corrected chi connectivity index (χ1v) is 12.9. The van der Waals surface area contributed by atoms with Gasteiger partial charge in [-0.05, 0) is 78.9 Å². The molecule has 1 aliphatic heterocycles. The van der Waals surface area contributed by atoms with Crippen LogP contribution in [0.1, 0.15) is 12.5 Å². The van der Waals surface area contributed by atoms with Crippen LogP contribution in [0.2, 0.25) is 0 Å². The van der Waals surface area contributed by atoms with Crippen LogP contribution in [-0.4, -0.2) is 42.1 Å². The summed E-state index contributed by atoms with van der Waals surface area (Å²) in [6, 6.07) is 18.3. The van der Waals surface area contributed by atoms with Gasteiger partial charge in [-0.1, -0.05) is 34.1 Å². The number of nitrogens with zero attached hydrogens (tertiary/aromatic N) is 2. The first-order valence-electron chi connectivity index (χ1n) is 11.3. The molecule has 1 aliphatic rings. The van der Waals surface area contributed by atoms with Gasteiger partial charge in [-0.2, -0.15) is 0 Å². The van der Waals surface area contributed by atoms with Gasteiger partial charge in [0.1, 0.15) is 5.82 Å². The number of halogens is 2. The van der Waals surface area contributed by atoms with Gasteiger partial charge in [0.25, 0.3) is 11.8 Å². The van der Waals surface area contributed by atoms with Crippen molar-refractivity contribution in [3.63, 3.8) is 0 Å². The Kier molecular flexibility index (Phi) is 8.62. The van der Waals surface area contributed by atoms with E-state index in [0.717, 1.165) is 0 Å². The van der Waals surface area contributed by atoms with Crippen LogP contribution >= 0.6 is 27.7 Å². The number of methoxy groups -OCH3 is 1. The van der Waals surface area contributed by atoms with E-state index in [-0.39, 0.29) is 24.2 Å². The molecule has 0 radical (unpaired) electrons. The summed E-state index contributed by atoms with van der Waals surface area (Å²) < 4.78 is 25.1. The number of hydrogen-bond donors (Lipinski definition) is 1. The summed E-state index contributed by atoms with van der Waals surface area (Å²) in [5.74, 6) is -0.0622. The maximum Gasteiger partial charge on any atom is 0.266 e. The zero-order valence-electron chi connectivity index (χ0n) is 20.0. The number of para-hydroxylation sites is 1. The molecular weight excluding hydrogens is 561 g/mol. The van der Waals surface area contributed by atoms with E-state index < -0.39 is 0 Å². The van der Waals surface area contributed by atoms with Crippen molar-refractivity contribution in [1.29, 1.82) is 0 Å². The average molecular weight is 584 g/mol. The predicted molar refractivity (Wildman–Crippen MR) is 148 cm³/mol. The Morgan fingerprint density at radius 2 is 1.86 bits per heavy atom. The molecule has 0 bridgehead atoms. The Morgan fingerprint density at radius 1 is 1.14 bits per heavy atom. The molecule has 7 nitrogen and oxygen atoms in total. The van der Waals surface area contributed by atoms with Crippen molar-refractivity contribution in [3.8, 4) is 11.5 Å². The quantitative estimate of drug-likeness (QED) is 0.317. The van der Waals surface area contributed by atoms with Crippen molar-refractivity contribution in [2.24, 2.45) is 4.99 Å². The molecule has 0 unspecified atom stereocenters. The number of amidine groups is 1. The Bertz CT molecular complexity index is 1360. The number of ether oxygens (including phenoxy) is 2. The molecule has 190 valence electrons. The molecule has 1 heterocycles. The number of carbonyl (C=O) groups excluding carboxylic acids is 2. The molecule has 4 rings (SSSR count). The lowest BCUT2D eigenvalue weighted by Crippen LogP contribution is -2.28. The van der Waals surface area contributed by atoms with Crippen LogP contribution in [0.3, 0.4) is 0 Å². The van der Waals surface area contributed by atoms with Crippen LogP contribution < -0.4 is 14.8 Å². The maximum atomic E-state index is 13.2. The number of aliphatic imine (C=N–C) groups is 1. The summed E-state index contributed by atoms with van der Waals surface area (Å²) in [5.41, 5.74) is 1.92. The predicted octanol–water partition coefficient (Wildman–Crippen LogP) is 6.24. The van der Waals surface area contributed by atoms with Gasteiger partial charge in [0.05, 0.1) is 17.7 Å². The summed E-state index contributed by atoms with van der Waals surface area (Å²) in [6.07, 6.45) is 1.74. The van der Waals surface area contributed by atoms with Crippen molar-refractivity contribution < 1.29 is 23.5 Å². The lowest BCUT2D eigenvalue weighted by atomic mass is 10.2. The molecule has 1 fully saturated rings. The fourth-order valence-corrected chi connectivity index (χ4v) is 4.92. The summed E-state index contributed by atoms with van der Waals surface area (Å²) in [4.78, 5) is 31.9. The minimum atomic E-state index is -0.352. The Hall–Kier alpha value is -3.63. The Morgan fingerprint density at radius 3 is 2.54 bits per heavy atom. The van der Waals surface area contributed by atoms with Gasteiger partial charge in [-0.3, -0.25) is 14.5 Å². The van der Waals surface area contributed by atoms with E-state index in [0.29, 0.717) is 49.5 Å². The number of hydrogen-bond acceptors (Lipinski definition) is 6. The third-order valence-electron chi connectivity index (χ3n) is 5.24. The van der Waals surface area contributed by atoms with E-state index in [9.17, 15) is 14.0 Å². The molecule has 0 saturated carbocycles. The van der Waals surface area contributed by atoms with Crippen molar-refractivity contribution in [1.82, 2.24) is 4.90 Å². The molecule has 10 heteroatoms. The first kappa shape index (κ1) is 26.4. The normalized spacial score (nSPS) is 15.4. The van der Waals surface area contributed by atoms with Crippen molar-refractivity contribution in [2.75, 3.05) is 25.6 Å². The Labute approximate surface area is 226 Å². The van der Waals surface area contributed by atoms with E-state index >= 15 is 0 Å². The molecule has 0 aromatic heterocycles. The topological polar surface area (TPSA) is 80.2 Å². The van der Waals surface area contributed by atoms with E-state index in [1.54, 1.807) is 47.4 Å². The molecule has 1 N–H and O–H groups in total. The maximum absolute atomic E-state index is 13.2. The fourth-order valence-electron chi connectivity index (χ4n) is 3.43. The van der Waals surface area contributed by atoms with Gasteiger partial charge in [0, 0.05) is 16.7 Å². The highest BCUT2D eigenvalue weighted by atomic mass is 79.9. The van der Waals surface area contributed by atoms with E-state index in [4.69, 9.17) is 9.47 Å². The highest BCUT2D eigenvalue weighted by Crippen LogP contribution is 2.38. The lowest BCUT2D eigenvalue weighted by molar-refractivity contribution is -0.122. The largest absolute Gasteiger partial charge is 0.493 e. The molecular formula is C27H23BrFN3O4S. The van der Waals surface area contributed by atoms with Gasteiger partial charge in [-0.25, -0.2) is 9.38 Å². The number of amides is 2. The summed E-state index contributed by atoms with van der Waals surface area (Å²) in [6.45, 7) is 2.09. The van der Waals surface area contributed by atoms with Crippen LogP contribution in [0.4, 0.5) is 15.8 Å². The highest BCUT2D eigenvalue weighted by Gasteiger charge is 2.32. The summed E-state index contributed by atoms with van der Waals surface area (Å²) in [7, 11) is 1.50. The van der Waals surface area contributed by atoms with Crippen LogP contribution in [0, 0.1) is 5.82 Å². The molecule has 0 spiro atoms. The molecule has 3 aromatic rings. The van der Waals surface area contributed by atoms with E-state index in [2.05, 4.69) is 26.2 Å². The second-order valence-electron chi connectivity index (χ2n) is 7.76. The zero-order valence-corrected chi connectivity index (χ0v) is 22.4. The third kappa shape index (κ3) is 6.58. The summed E-state index contributed by atoms with van der Waals surface area (Å²) >= 11 is 4.76. The number of thioether (sulfide) groups is 1. The smallest absolute Gasteiger partial charge is 0.266 e. The SMILES string of the molecule is CCN1C(=O)/C(=C\c2cc(OC)c(OCC(=O)Nc3ccccc3)cc2Br)SC1=Nc1ccc(F)cc1. The minimum absolute atomic E-state index is 0.183. The molecule has 0 aliphatic carbocycles. The molecule has 3 aromatic carbocycles. The number of carbonyl (C=O) groups is 2. The van der Waals surface area contributed by atoms with E-state index in [1.807, 2.05) is 25.1 Å².